The molecule has 1 atom stereocenters. The van der Waals surface area contributed by atoms with E-state index in [1.54, 1.807) is 7.05 Å². The lowest BCUT2D eigenvalue weighted by Crippen LogP contribution is -2.41. The molecule has 1 unspecified atom stereocenters. The van der Waals surface area contributed by atoms with Gasteiger partial charge < -0.3 is 10.2 Å². The standard InChI is InChI=1S/C18H19F3N4O2/c1-11-9-15(26)16(17(27)24(2)12-7-8-22-10-12)23-25(11)14-6-4-3-5-13(14)18(19,20)21/h3-6,9,12,22H,7-8,10H2,1-2H3. The van der Waals surface area contributed by atoms with Crippen LogP contribution < -0.4 is 10.7 Å². The molecule has 3 rings (SSSR count). The minimum Gasteiger partial charge on any atom is -0.336 e. The van der Waals surface area contributed by atoms with Crippen molar-refractivity contribution in [1.82, 2.24) is 20.0 Å². The van der Waals surface area contributed by atoms with Crippen LogP contribution >= 0.6 is 0 Å². The second kappa shape index (κ2) is 7.15. The molecule has 0 bridgehead atoms. The first kappa shape index (κ1) is 19.1. The van der Waals surface area contributed by atoms with Gasteiger partial charge in [0, 0.05) is 31.4 Å². The minimum atomic E-state index is -4.59. The highest BCUT2D eigenvalue weighted by Gasteiger charge is 2.34. The molecule has 0 spiro atoms. The Morgan fingerprint density at radius 1 is 1.33 bits per heavy atom. The van der Waals surface area contributed by atoms with Crippen molar-refractivity contribution >= 4 is 5.91 Å². The van der Waals surface area contributed by atoms with E-state index in [4.69, 9.17) is 0 Å². The Balaban J connectivity index is 2.08. The van der Waals surface area contributed by atoms with Crippen molar-refractivity contribution in [2.75, 3.05) is 20.1 Å². The first-order valence-electron chi connectivity index (χ1n) is 8.45. The van der Waals surface area contributed by atoms with Gasteiger partial charge >= 0.3 is 6.18 Å². The van der Waals surface area contributed by atoms with Crippen molar-refractivity contribution in [1.29, 1.82) is 0 Å². The van der Waals surface area contributed by atoms with Crippen LogP contribution in [0, 0.1) is 6.92 Å². The molecule has 0 saturated carbocycles. The minimum absolute atomic E-state index is 0.0871. The summed E-state index contributed by atoms with van der Waals surface area (Å²) in [7, 11) is 1.56. The molecule has 1 aliphatic heterocycles. The fourth-order valence-corrected chi connectivity index (χ4v) is 3.14. The van der Waals surface area contributed by atoms with Gasteiger partial charge in [-0.05, 0) is 32.0 Å². The average Bonchev–Trinajstić information content (AvgIpc) is 3.14. The van der Waals surface area contributed by atoms with Gasteiger partial charge in [0.1, 0.15) is 0 Å². The number of nitrogens with zero attached hydrogens (tertiary/aromatic N) is 3. The summed E-state index contributed by atoms with van der Waals surface area (Å²) in [5.74, 6) is -0.605. The number of alkyl halides is 3. The number of aromatic nitrogens is 2. The zero-order valence-corrected chi connectivity index (χ0v) is 14.9. The number of amides is 1. The van der Waals surface area contributed by atoms with E-state index in [0.717, 1.165) is 29.8 Å². The van der Waals surface area contributed by atoms with E-state index < -0.39 is 28.8 Å². The molecule has 27 heavy (non-hydrogen) atoms. The van der Waals surface area contributed by atoms with Gasteiger partial charge in [-0.15, -0.1) is 0 Å². The number of rotatable bonds is 3. The highest BCUT2D eigenvalue weighted by molar-refractivity contribution is 5.92. The van der Waals surface area contributed by atoms with Crippen LogP contribution in [-0.2, 0) is 6.18 Å². The number of nitrogens with one attached hydrogen (secondary N) is 1. The van der Waals surface area contributed by atoms with E-state index in [0.29, 0.717) is 6.54 Å². The van der Waals surface area contributed by atoms with E-state index in [2.05, 4.69) is 10.4 Å². The fraction of sp³-hybridized carbons (Fsp3) is 0.389. The summed E-state index contributed by atoms with van der Waals surface area (Å²) in [5.41, 5.74) is -1.93. The number of hydrogen-bond donors (Lipinski definition) is 1. The van der Waals surface area contributed by atoms with Crippen molar-refractivity contribution < 1.29 is 18.0 Å². The zero-order chi connectivity index (χ0) is 19.8. The second-order valence-corrected chi connectivity index (χ2v) is 6.49. The molecular weight excluding hydrogens is 361 g/mol. The van der Waals surface area contributed by atoms with E-state index in [1.165, 1.54) is 30.0 Å². The summed E-state index contributed by atoms with van der Waals surface area (Å²) in [6.07, 6.45) is -3.86. The molecule has 1 amide bonds. The highest BCUT2D eigenvalue weighted by Crippen LogP contribution is 2.33. The molecule has 9 heteroatoms. The van der Waals surface area contributed by atoms with Gasteiger partial charge in [-0.3, -0.25) is 9.59 Å². The Kier molecular flexibility index (Phi) is 5.05. The number of carbonyl (C=O) groups excluding carboxylic acids is 1. The Morgan fingerprint density at radius 3 is 2.67 bits per heavy atom. The molecule has 1 N–H and O–H groups in total. The summed E-state index contributed by atoms with van der Waals surface area (Å²) in [5, 5.41) is 7.12. The van der Waals surface area contributed by atoms with Crippen molar-refractivity contribution in [2.45, 2.75) is 25.6 Å². The summed E-state index contributed by atoms with van der Waals surface area (Å²) in [6, 6.07) is 5.96. The summed E-state index contributed by atoms with van der Waals surface area (Å²) >= 11 is 0. The highest BCUT2D eigenvalue weighted by atomic mass is 19.4. The largest absolute Gasteiger partial charge is 0.418 e. The molecule has 1 aromatic carbocycles. The number of halogens is 3. The molecule has 1 fully saturated rings. The molecule has 1 aliphatic rings. The molecule has 144 valence electrons. The molecule has 6 nitrogen and oxygen atoms in total. The van der Waals surface area contributed by atoms with Crippen LogP contribution in [0.2, 0.25) is 0 Å². The van der Waals surface area contributed by atoms with Gasteiger partial charge in [-0.25, -0.2) is 4.68 Å². The Morgan fingerprint density at radius 2 is 2.04 bits per heavy atom. The van der Waals surface area contributed by atoms with Crippen LogP contribution in [0.25, 0.3) is 5.69 Å². The van der Waals surface area contributed by atoms with E-state index in [-0.39, 0.29) is 17.4 Å². The lowest BCUT2D eigenvalue weighted by molar-refractivity contribution is -0.137. The third kappa shape index (κ3) is 3.73. The van der Waals surface area contributed by atoms with Crippen LogP contribution in [0.15, 0.2) is 35.1 Å². The van der Waals surface area contributed by atoms with Crippen LogP contribution in [0.1, 0.15) is 28.2 Å². The first-order chi connectivity index (χ1) is 12.7. The maximum Gasteiger partial charge on any atom is 0.418 e. The number of aryl methyl sites for hydroxylation is 1. The zero-order valence-electron chi connectivity index (χ0n) is 14.9. The fourth-order valence-electron chi connectivity index (χ4n) is 3.14. The van der Waals surface area contributed by atoms with Crippen LogP contribution in [0.3, 0.4) is 0 Å². The van der Waals surface area contributed by atoms with E-state index in [1.807, 2.05) is 0 Å². The number of hydrogen-bond acceptors (Lipinski definition) is 4. The molecule has 1 aromatic heterocycles. The quantitative estimate of drug-likeness (QED) is 0.885. The van der Waals surface area contributed by atoms with Gasteiger partial charge in [-0.1, -0.05) is 12.1 Å². The van der Waals surface area contributed by atoms with Gasteiger partial charge in [0.05, 0.1) is 11.3 Å². The Labute approximate surface area is 153 Å². The Bertz CT molecular complexity index is 918. The normalized spacial score (nSPS) is 17.1. The van der Waals surface area contributed by atoms with Crippen molar-refractivity contribution in [3.63, 3.8) is 0 Å². The first-order valence-corrected chi connectivity index (χ1v) is 8.45. The van der Waals surface area contributed by atoms with Crippen LogP contribution in [0.4, 0.5) is 13.2 Å². The number of para-hydroxylation sites is 1. The van der Waals surface area contributed by atoms with Gasteiger partial charge in [0.15, 0.2) is 5.69 Å². The third-order valence-corrected chi connectivity index (χ3v) is 4.65. The molecular formula is C18H19F3N4O2. The van der Waals surface area contributed by atoms with Gasteiger partial charge in [-0.2, -0.15) is 18.3 Å². The van der Waals surface area contributed by atoms with Crippen LogP contribution in [0.5, 0.6) is 0 Å². The number of carbonyl (C=O) groups is 1. The summed E-state index contributed by atoms with van der Waals surface area (Å²) in [4.78, 5) is 26.5. The monoisotopic (exact) mass is 380 g/mol. The maximum atomic E-state index is 13.4. The predicted octanol–water partition coefficient (Wildman–Crippen LogP) is 1.99. The van der Waals surface area contributed by atoms with Crippen molar-refractivity contribution in [3.8, 4) is 5.69 Å². The van der Waals surface area contributed by atoms with Gasteiger partial charge in [0.25, 0.3) is 5.91 Å². The Hall–Kier alpha value is -2.68. The topological polar surface area (TPSA) is 67.2 Å². The summed E-state index contributed by atoms with van der Waals surface area (Å²) < 4.78 is 41.1. The smallest absolute Gasteiger partial charge is 0.336 e. The third-order valence-electron chi connectivity index (χ3n) is 4.65. The van der Waals surface area contributed by atoms with Crippen molar-refractivity contribution in [3.05, 3.63) is 57.5 Å². The number of likely N-dealkylation sites (N-methyl/N-ethyl adjacent to an activating group) is 1. The molecule has 2 aromatic rings. The molecule has 0 aliphatic carbocycles. The SMILES string of the molecule is Cc1cc(=O)c(C(=O)N(C)C2CCNC2)nn1-c1ccccc1C(F)(F)F. The molecule has 2 heterocycles. The van der Waals surface area contributed by atoms with E-state index >= 15 is 0 Å². The van der Waals surface area contributed by atoms with Gasteiger partial charge in [0.2, 0.25) is 5.43 Å². The molecule has 1 saturated heterocycles. The average molecular weight is 380 g/mol. The maximum absolute atomic E-state index is 13.4. The number of benzene rings is 1. The lowest BCUT2D eigenvalue weighted by Gasteiger charge is -2.23. The second-order valence-electron chi connectivity index (χ2n) is 6.49. The predicted molar refractivity (Wildman–Crippen MR) is 92.9 cm³/mol. The van der Waals surface area contributed by atoms with Crippen molar-refractivity contribution in [2.24, 2.45) is 0 Å². The summed E-state index contributed by atoms with van der Waals surface area (Å²) in [6.45, 7) is 2.83. The lowest BCUT2D eigenvalue weighted by atomic mass is 10.1. The molecule has 0 radical (unpaired) electrons. The van der Waals surface area contributed by atoms with Crippen LogP contribution in [-0.4, -0.2) is 46.8 Å². The van der Waals surface area contributed by atoms with E-state index in [9.17, 15) is 22.8 Å².